The van der Waals surface area contributed by atoms with Crippen molar-refractivity contribution in [3.8, 4) is 0 Å². The van der Waals surface area contributed by atoms with Gasteiger partial charge in [0.05, 0.1) is 12.2 Å². The number of halogens is 1. The number of carbonyl (C=O) groups is 1. The van der Waals surface area contributed by atoms with Gasteiger partial charge < -0.3 is 5.32 Å². The number of hydrogen-bond acceptors (Lipinski definition) is 3. The second-order valence-electron chi connectivity index (χ2n) is 3.36. The molecule has 2 rings (SSSR count). The molecule has 0 saturated carbocycles. The number of rotatable bonds is 3. The van der Waals surface area contributed by atoms with Crippen molar-refractivity contribution in [3.05, 3.63) is 59.1 Å². The van der Waals surface area contributed by atoms with Gasteiger partial charge in [0.1, 0.15) is 5.69 Å². The van der Waals surface area contributed by atoms with Gasteiger partial charge in [-0.15, -0.1) is 0 Å². The maximum absolute atomic E-state index is 11.7. The summed E-state index contributed by atoms with van der Waals surface area (Å²) in [6.07, 6.45) is 3.18. The molecule has 4 nitrogen and oxygen atoms in total. The van der Waals surface area contributed by atoms with Gasteiger partial charge in [-0.1, -0.05) is 17.7 Å². The molecule has 2 aromatic rings. The zero-order chi connectivity index (χ0) is 12.1. The standard InChI is InChI=1S/C12H10ClN3O/c13-9-4-6-15-11(7-9)12(17)16-8-10-3-1-2-5-14-10/h1-7H,8H2,(H,16,17). The molecule has 5 heteroatoms. The summed E-state index contributed by atoms with van der Waals surface area (Å²) in [6, 6.07) is 8.67. The first-order valence-electron chi connectivity index (χ1n) is 5.05. The highest BCUT2D eigenvalue weighted by Crippen LogP contribution is 2.07. The van der Waals surface area contributed by atoms with Gasteiger partial charge in [0.2, 0.25) is 0 Å². The van der Waals surface area contributed by atoms with Crippen LogP contribution in [0.2, 0.25) is 5.02 Å². The van der Waals surface area contributed by atoms with Crippen molar-refractivity contribution in [2.75, 3.05) is 0 Å². The molecule has 0 radical (unpaired) electrons. The van der Waals surface area contributed by atoms with Crippen LogP contribution in [0.15, 0.2) is 42.7 Å². The van der Waals surface area contributed by atoms with E-state index in [-0.39, 0.29) is 5.91 Å². The van der Waals surface area contributed by atoms with Crippen LogP contribution >= 0.6 is 11.6 Å². The Hall–Kier alpha value is -1.94. The third kappa shape index (κ3) is 3.26. The fourth-order valence-corrected chi connectivity index (χ4v) is 1.45. The Labute approximate surface area is 104 Å². The monoisotopic (exact) mass is 247 g/mol. The zero-order valence-corrected chi connectivity index (χ0v) is 9.69. The van der Waals surface area contributed by atoms with Crippen LogP contribution in [0.5, 0.6) is 0 Å². The van der Waals surface area contributed by atoms with Crippen molar-refractivity contribution in [1.82, 2.24) is 15.3 Å². The van der Waals surface area contributed by atoms with E-state index in [2.05, 4.69) is 15.3 Å². The summed E-state index contributed by atoms with van der Waals surface area (Å²) in [7, 11) is 0. The quantitative estimate of drug-likeness (QED) is 0.903. The van der Waals surface area contributed by atoms with E-state index < -0.39 is 0 Å². The van der Waals surface area contributed by atoms with E-state index in [1.807, 2.05) is 18.2 Å². The molecule has 2 heterocycles. The number of hydrogen-bond donors (Lipinski definition) is 1. The van der Waals surface area contributed by atoms with Crippen LogP contribution in [0.25, 0.3) is 0 Å². The smallest absolute Gasteiger partial charge is 0.270 e. The van der Waals surface area contributed by atoms with Gasteiger partial charge in [-0.25, -0.2) is 0 Å². The Morgan fingerprint density at radius 2 is 2.12 bits per heavy atom. The average molecular weight is 248 g/mol. The number of carbonyl (C=O) groups excluding carboxylic acids is 1. The molecule has 2 aromatic heterocycles. The van der Waals surface area contributed by atoms with Gasteiger partial charge in [-0.05, 0) is 24.3 Å². The predicted octanol–water partition coefficient (Wildman–Crippen LogP) is 2.06. The van der Waals surface area contributed by atoms with Crippen LogP contribution in [0, 0.1) is 0 Å². The molecular weight excluding hydrogens is 238 g/mol. The molecule has 17 heavy (non-hydrogen) atoms. The van der Waals surface area contributed by atoms with Crippen molar-refractivity contribution < 1.29 is 4.79 Å². The van der Waals surface area contributed by atoms with Crippen molar-refractivity contribution in [1.29, 1.82) is 0 Å². The fourth-order valence-electron chi connectivity index (χ4n) is 1.29. The molecule has 0 saturated heterocycles. The lowest BCUT2D eigenvalue weighted by atomic mass is 10.3. The third-order valence-corrected chi connectivity index (χ3v) is 2.35. The molecule has 86 valence electrons. The van der Waals surface area contributed by atoms with E-state index in [9.17, 15) is 4.79 Å². The van der Waals surface area contributed by atoms with E-state index in [0.717, 1.165) is 5.69 Å². The van der Waals surface area contributed by atoms with Crippen LogP contribution in [0.1, 0.15) is 16.2 Å². The molecule has 0 spiro atoms. The van der Waals surface area contributed by atoms with Gasteiger partial charge in [0.15, 0.2) is 0 Å². The Morgan fingerprint density at radius 3 is 2.82 bits per heavy atom. The largest absolute Gasteiger partial charge is 0.345 e. The number of aromatic nitrogens is 2. The summed E-state index contributed by atoms with van der Waals surface area (Å²) in [6.45, 7) is 0.369. The minimum absolute atomic E-state index is 0.266. The number of amides is 1. The van der Waals surface area contributed by atoms with Gasteiger partial charge in [0.25, 0.3) is 5.91 Å². The van der Waals surface area contributed by atoms with Gasteiger partial charge in [-0.2, -0.15) is 0 Å². The van der Waals surface area contributed by atoms with Crippen molar-refractivity contribution in [2.45, 2.75) is 6.54 Å². The fraction of sp³-hybridized carbons (Fsp3) is 0.0833. The first kappa shape index (κ1) is 11.5. The van der Waals surface area contributed by atoms with E-state index in [4.69, 9.17) is 11.6 Å². The number of pyridine rings is 2. The summed E-state index contributed by atoms with van der Waals surface area (Å²) in [5.74, 6) is -0.266. The van der Waals surface area contributed by atoms with Gasteiger partial charge in [0, 0.05) is 17.4 Å². The Kier molecular flexibility index (Phi) is 3.67. The highest BCUT2D eigenvalue weighted by Gasteiger charge is 2.07. The Balaban J connectivity index is 1.98. The topological polar surface area (TPSA) is 54.9 Å². The molecule has 0 bridgehead atoms. The van der Waals surface area contributed by atoms with E-state index in [1.165, 1.54) is 12.3 Å². The zero-order valence-electron chi connectivity index (χ0n) is 8.93. The van der Waals surface area contributed by atoms with Gasteiger partial charge in [-0.3, -0.25) is 14.8 Å². The SMILES string of the molecule is O=C(NCc1ccccn1)c1cc(Cl)ccn1. The molecule has 1 N–H and O–H groups in total. The molecule has 0 unspecified atom stereocenters. The normalized spacial score (nSPS) is 9.94. The average Bonchev–Trinajstić information content (AvgIpc) is 2.37. The second kappa shape index (κ2) is 5.41. The van der Waals surface area contributed by atoms with E-state index in [1.54, 1.807) is 12.3 Å². The molecule has 0 aliphatic rings. The summed E-state index contributed by atoms with van der Waals surface area (Å²) in [4.78, 5) is 19.7. The maximum Gasteiger partial charge on any atom is 0.270 e. The van der Waals surface area contributed by atoms with E-state index in [0.29, 0.717) is 17.3 Å². The van der Waals surface area contributed by atoms with Gasteiger partial charge >= 0.3 is 0 Å². The maximum atomic E-state index is 11.7. The summed E-state index contributed by atoms with van der Waals surface area (Å²) in [5, 5.41) is 3.21. The lowest BCUT2D eigenvalue weighted by Crippen LogP contribution is -2.24. The molecule has 0 aliphatic carbocycles. The molecular formula is C12H10ClN3O. The van der Waals surface area contributed by atoms with E-state index >= 15 is 0 Å². The van der Waals surface area contributed by atoms with Crippen LogP contribution < -0.4 is 5.32 Å². The third-order valence-electron chi connectivity index (χ3n) is 2.11. The van der Waals surface area contributed by atoms with Crippen molar-refractivity contribution >= 4 is 17.5 Å². The highest BCUT2D eigenvalue weighted by molar-refractivity contribution is 6.30. The lowest BCUT2D eigenvalue weighted by Gasteiger charge is -2.04. The number of nitrogens with one attached hydrogen (secondary N) is 1. The van der Waals surface area contributed by atoms with Crippen LogP contribution in [-0.4, -0.2) is 15.9 Å². The van der Waals surface area contributed by atoms with Crippen LogP contribution in [0.4, 0.5) is 0 Å². The molecule has 0 aromatic carbocycles. The summed E-state index contributed by atoms with van der Waals surface area (Å²) in [5.41, 5.74) is 1.09. The lowest BCUT2D eigenvalue weighted by molar-refractivity contribution is 0.0945. The molecule has 0 fully saturated rings. The van der Waals surface area contributed by atoms with Crippen molar-refractivity contribution in [3.63, 3.8) is 0 Å². The Morgan fingerprint density at radius 1 is 1.24 bits per heavy atom. The molecule has 0 atom stereocenters. The second-order valence-corrected chi connectivity index (χ2v) is 3.80. The summed E-state index contributed by atoms with van der Waals surface area (Å²) >= 11 is 5.77. The highest BCUT2D eigenvalue weighted by atomic mass is 35.5. The number of nitrogens with zero attached hydrogens (tertiary/aromatic N) is 2. The van der Waals surface area contributed by atoms with Crippen LogP contribution in [-0.2, 0) is 6.54 Å². The van der Waals surface area contributed by atoms with Crippen LogP contribution in [0.3, 0.4) is 0 Å². The first-order valence-corrected chi connectivity index (χ1v) is 5.43. The predicted molar refractivity (Wildman–Crippen MR) is 64.7 cm³/mol. The minimum Gasteiger partial charge on any atom is -0.345 e. The molecule has 1 amide bonds. The molecule has 0 aliphatic heterocycles. The first-order chi connectivity index (χ1) is 8.25. The Bertz CT molecular complexity index is 516. The minimum atomic E-state index is -0.266. The summed E-state index contributed by atoms with van der Waals surface area (Å²) < 4.78 is 0. The van der Waals surface area contributed by atoms with Crippen molar-refractivity contribution in [2.24, 2.45) is 0 Å².